The van der Waals surface area contributed by atoms with Gasteiger partial charge < -0.3 is 5.32 Å². The number of hydrogen-bond donors (Lipinski definition) is 1. The third-order valence-electron chi connectivity index (χ3n) is 3.99. The zero-order valence-electron chi connectivity index (χ0n) is 14.2. The average molecular weight is 361 g/mol. The number of nitrogens with one attached hydrogen (secondary N) is 1. The highest BCUT2D eigenvalue weighted by atomic mass is 16.2. The van der Waals surface area contributed by atoms with Crippen LogP contribution < -0.4 is 10.9 Å². The van der Waals surface area contributed by atoms with Crippen LogP contribution in [0.15, 0.2) is 65.8 Å². The first-order valence-corrected chi connectivity index (χ1v) is 8.25. The maximum absolute atomic E-state index is 12.4. The summed E-state index contributed by atoms with van der Waals surface area (Å²) in [7, 11) is 0. The highest BCUT2D eigenvalue weighted by molar-refractivity contribution is 5.78. The lowest BCUT2D eigenvalue weighted by molar-refractivity contribution is -0.122. The van der Waals surface area contributed by atoms with Gasteiger partial charge in [-0.3, -0.25) is 9.59 Å². The lowest BCUT2D eigenvalue weighted by Gasteiger charge is -2.10. The number of carbonyl (C=O) groups excluding carboxylic acids is 1. The molecule has 4 rings (SSSR count). The fraction of sp³-hybridized carbons (Fsp3) is 0.111. The molecule has 1 aromatic carbocycles. The molecule has 0 atom stereocenters. The van der Waals surface area contributed by atoms with Crippen molar-refractivity contribution in [3.05, 3.63) is 77.0 Å². The molecule has 0 aliphatic rings. The topological polar surface area (TPSA) is 108 Å². The maximum Gasteiger partial charge on any atom is 0.278 e. The van der Waals surface area contributed by atoms with Crippen molar-refractivity contribution < 1.29 is 4.79 Å². The van der Waals surface area contributed by atoms with Crippen molar-refractivity contribution in [2.45, 2.75) is 13.1 Å². The summed E-state index contributed by atoms with van der Waals surface area (Å²) in [5.74, 6) is 0.280. The van der Waals surface area contributed by atoms with Crippen LogP contribution in [0.1, 0.15) is 5.56 Å². The molecule has 3 heterocycles. The van der Waals surface area contributed by atoms with Crippen LogP contribution in [0.3, 0.4) is 0 Å². The van der Waals surface area contributed by atoms with E-state index in [9.17, 15) is 9.59 Å². The van der Waals surface area contributed by atoms with Gasteiger partial charge in [-0.2, -0.15) is 5.10 Å². The Hall–Kier alpha value is -3.88. The molecule has 9 heteroatoms. The van der Waals surface area contributed by atoms with Crippen molar-refractivity contribution >= 4 is 16.8 Å². The van der Waals surface area contributed by atoms with Crippen molar-refractivity contribution in [1.29, 1.82) is 0 Å². The Morgan fingerprint density at radius 2 is 1.96 bits per heavy atom. The number of benzene rings is 1. The summed E-state index contributed by atoms with van der Waals surface area (Å²) in [6, 6.07) is 12.3. The van der Waals surface area contributed by atoms with Crippen LogP contribution in [-0.4, -0.2) is 35.7 Å². The molecule has 1 amide bonds. The van der Waals surface area contributed by atoms with Crippen molar-refractivity contribution in [1.82, 2.24) is 35.1 Å². The Balaban J connectivity index is 1.49. The van der Waals surface area contributed by atoms with E-state index in [0.717, 1.165) is 10.2 Å². The van der Waals surface area contributed by atoms with Gasteiger partial charge in [-0.25, -0.2) is 14.3 Å². The van der Waals surface area contributed by atoms with E-state index in [-0.39, 0.29) is 24.6 Å². The van der Waals surface area contributed by atoms with E-state index in [2.05, 4.69) is 25.7 Å². The van der Waals surface area contributed by atoms with E-state index in [1.54, 1.807) is 59.7 Å². The predicted octanol–water partition coefficient (Wildman–Crippen LogP) is 0.689. The monoisotopic (exact) mass is 361 g/mol. The van der Waals surface area contributed by atoms with Crippen molar-refractivity contribution in [3.8, 4) is 5.82 Å². The zero-order valence-corrected chi connectivity index (χ0v) is 14.2. The van der Waals surface area contributed by atoms with Crippen LogP contribution in [0.25, 0.3) is 16.7 Å². The first-order chi connectivity index (χ1) is 13.2. The zero-order chi connectivity index (χ0) is 18.6. The number of amides is 1. The van der Waals surface area contributed by atoms with Crippen molar-refractivity contribution in [2.75, 3.05) is 0 Å². The molecule has 0 aliphatic carbocycles. The van der Waals surface area contributed by atoms with Crippen LogP contribution in [0.2, 0.25) is 0 Å². The van der Waals surface area contributed by atoms with Crippen LogP contribution in [0, 0.1) is 0 Å². The number of hydrogen-bond acceptors (Lipinski definition) is 6. The maximum atomic E-state index is 12.4. The Bertz CT molecular complexity index is 1150. The molecule has 134 valence electrons. The van der Waals surface area contributed by atoms with Gasteiger partial charge in [0, 0.05) is 30.7 Å². The minimum atomic E-state index is -0.352. The van der Waals surface area contributed by atoms with Gasteiger partial charge in [0.25, 0.3) is 5.56 Å². The highest BCUT2D eigenvalue weighted by Crippen LogP contribution is 2.09. The van der Waals surface area contributed by atoms with Gasteiger partial charge in [0.2, 0.25) is 5.91 Å². The molecule has 0 unspecified atom stereocenters. The summed E-state index contributed by atoms with van der Waals surface area (Å²) < 4.78 is 2.68. The first-order valence-electron chi connectivity index (χ1n) is 8.25. The summed E-state index contributed by atoms with van der Waals surface area (Å²) in [6.07, 6.45) is 5.09. The number of fused-ring (bicyclic) bond motifs is 1. The van der Waals surface area contributed by atoms with E-state index in [1.165, 1.54) is 0 Å². The quantitative estimate of drug-likeness (QED) is 0.560. The molecule has 9 nitrogen and oxygen atoms in total. The molecule has 4 aromatic rings. The minimum Gasteiger partial charge on any atom is -0.350 e. The van der Waals surface area contributed by atoms with Crippen LogP contribution in [-0.2, 0) is 17.9 Å². The second kappa shape index (κ2) is 7.16. The van der Waals surface area contributed by atoms with Crippen molar-refractivity contribution in [2.24, 2.45) is 0 Å². The largest absolute Gasteiger partial charge is 0.350 e. The van der Waals surface area contributed by atoms with Gasteiger partial charge in [0.05, 0.1) is 5.39 Å². The first kappa shape index (κ1) is 16.6. The van der Waals surface area contributed by atoms with Gasteiger partial charge in [-0.1, -0.05) is 23.4 Å². The Labute approximate surface area is 153 Å². The second-order valence-corrected chi connectivity index (χ2v) is 5.78. The third kappa shape index (κ3) is 3.43. The number of rotatable bonds is 5. The molecule has 0 saturated heterocycles. The lowest BCUT2D eigenvalue weighted by Crippen LogP contribution is -2.34. The van der Waals surface area contributed by atoms with Crippen LogP contribution in [0.4, 0.5) is 0 Å². The van der Waals surface area contributed by atoms with Crippen molar-refractivity contribution in [3.63, 3.8) is 0 Å². The molecular weight excluding hydrogens is 346 g/mol. The molecule has 0 saturated carbocycles. The average Bonchev–Trinajstić information content (AvgIpc) is 3.24. The lowest BCUT2D eigenvalue weighted by atomic mass is 10.2. The number of carbonyl (C=O) groups is 1. The van der Waals surface area contributed by atoms with Gasteiger partial charge in [0.1, 0.15) is 12.1 Å². The van der Waals surface area contributed by atoms with E-state index >= 15 is 0 Å². The normalized spacial score (nSPS) is 10.8. The Morgan fingerprint density at radius 3 is 2.81 bits per heavy atom. The highest BCUT2D eigenvalue weighted by Gasteiger charge is 2.11. The standard InChI is InChI=1S/C18H15N7O2/c26-16(12-25-18(27)14-6-1-2-7-15(14)22-23-25)20-11-13-5-3-8-19-17(13)24-10-4-9-21-24/h1-10H,11-12H2,(H,20,26). The molecule has 0 bridgehead atoms. The van der Waals surface area contributed by atoms with Crippen LogP contribution in [0.5, 0.6) is 0 Å². The summed E-state index contributed by atoms with van der Waals surface area (Å²) in [5, 5.41) is 15.2. The minimum absolute atomic E-state index is 0.214. The Morgan fingerprint density at radius 1 is 1.07 bits per heavy atom. The molecule has 27 heavy (non-hydrogen) atoms. The Kier molecular flexibility index (Phi) is 4.40. The van der Waals surface area contributed by atoms with E-state index in [1.807, 2.05) is 6.07 Å². The van der Waals surface area contributed by atoms with E-state index in [4.69, 9.17) is 0 Å². The summed E-state index contributed by atoms with van der Waals surface area (Å²) >= 11 is 0. The molecule has 0 radical (unpaired) electrons. The van der Waals surface area contributed by atoms with Gasteiger partial charge in [-0.05, 0) is 24.3 Å². The van der Waals surface area contributed by atoms with E-state index in [0.29, 0.717) is 16.7 Å². The molecule has 1 N–H and O–H groups in total. The van der Waals surface area contributed by atoms with Gasteiger partial charge in [0.15, 0.2) is 5.82 Å². The van der Waals surface area contributed by atoms with Gasteiger partial charge in [-0.15, -0.1) is 5.10 Å². The molecule has 0 spiro atoms. The SMILES string of the molecule is O=C(Cn1nnc2ccccc2c1=O)NCc1cccnc1-n1cccn1. The second-order valence-electron chi connectivity index (χ2n) is 5.78. The molecule has 0 fully saturated rings. The fourth-order valence-corrected chi connectivity index (χ4v) is 2.68. The summed E-state index contributed by atoms with van der Waals surface area (Å²) in [4.78, 5) is 29.0. The predicted molar refractivity (Wildman–Crippen MR) is 97.0 cm³/mol. The van der Waals surface area contributed by atoms with E-state index < -0.39 is 0 Å². The summed E-state index contributed by atoms with van der Waals surface area (Å²) in [6.45, 7) is 0.0334. The number of nitrogens with zero attached hydrogens (tertiary/aromatic N) is 6. The molecular formula is C18H15N7O2. The molecule has 3 aromatic heterocycles. The smallest absolute Gasteiger partial charge is 0.278 e. The fourth-order valence-electron chi connectivity index (χ4n) is 2.68. The van der Waals surface area contributed by atoms with Crippen LogP contribution >= 0.6 is 0 Å². The summed E-state index contributed by atoms with van der Waals surface area (Å²) in [5.41, 5.74) is 0.944. The molecule has 0 aliphatic heterocycles. The third-order valence-corrected chi connectivity index (χ3v) is 3.99. The number of aromatic nitrogens is 6. The number of pyridine rings is 1. The van der Waals surface area contributed by atoms with Gasteiger partial charge >= 0.3 is 0 Å².